The van der Waals surface area contributed by atoms with Gasteiger partial charge in [0.1, 0.15) is 0 Å². The molecule has 5 nitrogen and oxygen atoms in total. The largest absolute Gasteiger partial charge is 0.339 e. The lowest BCUT2D eigenvalue weighted by Crippen LogP contribution is -2.27. The maximum absolute atomic E-state index is 12.3. The third kappa shape index (κ3) is 4.39. The highest BCUT2D eigenvalue weighted by Gasteiger charge is 2.19. The van der Waals surface area contributed by atoms with Crippen molar-refractivity contribution < 1.29 is 13.2 Å². The molecular weight excluding hydrogens is 360 g/mol. The molecule has 1 heterocycles. The Morgan fingerprint density at radius 3 is 2.20 bits per heavy atom. The number of sulfonamides is 1. The van der Waals surface area contributed by atoms with E-state index >= 15 is 0 Å². The molecule has 1 aliphatic heterocycles. The summed E-state index contributed by atoms with van der Waals surface area (Å²) in [5.74, 6) is 0.0331. The SMILES string of the molecule is O=C(c1ccc(CNS(=O)(=O)c2ccc(Cl)cc2)cc1)N1CCCC1. The van der Waals surface area contributed by atoms with Crippen LogP contribution in [0, 0.1) is 0 Å². The van der Waals surface area contributed by atoms with Gasteiger partial charge in [0.05, 0.1) is 4.90 Å². The second-order valence-corrected chi connectivity index (χ2v) is 8.18. The lowest BCUT2D eigenvalue weighted by molar-refractivity contribution is 0.0793. The van der Waals surface area contributed by atoms with Crippen molar-refractivity contribution in [1.82, 2.24) is 9.62 Å². The number of hydrogen-bond acceptors (Lipinski definition) is 3. The lowest BCUT2D eigenvalue weighted by atomic mass is 10.1. The summed E-state index contributed by atoms with van der Waals surface area (Å²) in [5.41, 5.74) is 1.42. The highest BCUT2D eigenvalue weighted by atomic mass is 35.5. The summed E-state index contributed by atoms with van der Waals surface area (Å²) in [5, 5.41) is 0.484. The molecule has 7 heteroatoms. The zero-order valence-electron chi connectivity index (χ0n) is 13.6. The summed E-state index contributed by atoms with van der Waals surface area (Å²) in [6, 6.07) is 13.0. The molecule has 1 saturated heterocycles. The molecule has 3 rings (SSSR count). The van der Waals surface area contributed by atoms with Gasteiger partial charge in [-0.15, -0.1) is 0 Å². The van der Waals surface area contributed by atoms with Crippen LogP contribution in [-0.4, -0.2) is 32.3 Å². The van der Waals surface area contributed by atoms with E-state index in [2.05, 4.69) is 4.72 Å². The van der Waals surface area contributed by atoms with Gasteiger partial charge in [0, 0.05) is 30.2 Å². The third-order valence-corrected chi connectivity index (χ3v) is 5.85. The third-order valence-electron chi connectivity index (χ3n) is 4.18. The Kier molecular flexibility index (Phi) is 5.42. The Balaban J connectivity index is 1.63. The minimum absolute atomic E-state index is 0.0331. The summed E-state index contributed by atoms with van der Waals surface area (Å²) in [6.07, 6.45) is 2.10. The van der Waals surface area contributed by atoms with Crippen molar-refractivity contribution in [1.29, 1.82) is 0 Å². The fourth-order valence-corrected chi connectivity index (χ4v) is 3.89. The molecule has 0 atom stereocenters. The second kappa shape index (κ2) is 7.56. The summed E-state index contributed by atoms with van der Waals surface area (Å²) in [4.78, 5) is 14.3. The fourth-order valence-electron chi connectivity index (χ4n) is 2.74. The smallest absolute Gasteiger partial charge is 0.253 e. The number of halogens is 1. The van der Waals surface area contributed by atoms with Gasteiger partial charge in [-0.1, -0.05) is 23.7 Å². The van der Waals surface area contributed by atoms with E-state index in [1.165, 1.54) is 24.3 Å². The number of rotatable bonds is 5. The molecule has 1 fully saturated rings. The molecular formula is C18H19ClN2O3S. The van der Waals surface area contributed by atoms with Crippen LogP contribution in [0.2, 0.25) is 5.02 Å². The van der Waals surface area contributed by atoms with E-state index in [0.717, 1.165) is 31.5 Å². The minimum Gasteiger partial charge on any atom is -0.339 e. The van der Waals surface area contributed by atoms with Gasteiger partial charge in [-0.25, -0.2) is 13.1 Å². The normalized spacial score (nSPS) is 14.7. The van der Waals surface area contributed by atoms with Crippen molar-refractivity contribution in [2.45, 2.75) is 24.3 Å². The van der Waals surface area contributed by atoms with Gasteiger partial charge in [0.25, 0.3) is 5.91 Å². The predicted octanol–water partition coefficient (Wildman–Crippen LogP) is 3.05. The number of nitrogens with zero attached hydrogens (tertiary/aromatic N) is 1. The zero-order chi connectivity index (χ0) is 17.9. The lowest BCUT2D eigenvalue weighted by Gasteiger charge is -2.15. The van der Waals surface area contributed by atoms with E-state index in [1.54, 1.807) is 24.3 Å². The molecule has 0 bridgehead atoms. The first kappa shape index (κ1) is 17.9. The number of carbonyl (C=O) groups is 1. The first-order chi connectivity index (χ1) is 12.0. The zero-order valence-corrected chi connectivity index (χ0v) is 15.2. The minimum atomic E-state index is -3.60. The molecule has 25 heavy (non-hydrogen) atoms. The van der Waals surface area contributed by atoms with Gasteiger partial charge in [0.2, 0.25) is 10.0 Å². The second-order valence-electron chi connectivity index (χ2n) is 5.97. The first-order valence-electron chi connectivity index (χ1n) is 8.09. The molecule has 2 aromatic carbocycles. The maximum atomic E-state index is 12.3. The van der Waals surface area contributed by atoms with Crippen LogP contribution in [0.25, 0.3) is 0 Å². The molecule has 1 aliphatic rings. The quantitative estimate of drug-likeness (QED) is 0.869. The Morgan fingerprint density at radius 1 is 1.00 bits per heavy atom. The van der Waals surface area contributed by atoms with Crippen molar-refractivity contribution in [2.24, 2.45) is 0 Å². The molecule has 0 saturated carbocycles. The van der Waals surface area contributed by atoms with Gasteiger partial charge in [-0.2, -0.15) is 0 Å². The number of amides is 1. The van der Waals surface area contributed by atoms with Crippen molar-refractivity contribution in [2.75, 3.05) is 13.1 Å². The van der Waals surface area contributed by atoms with E-state index < -0.39 is 10.0 Å². The number of hydrogen-bond donors (Lipinski definition) is 1. The van der Waals surface area contributed by atoms with E-state index in [4.69, 9.17) is 11.6 Å². The van der Waals surface area contributed by atoms with Crippen LogP contribution in [0.5, 0.6) is 0 Å². The predicted molar refractivity (Wildman–Crippen MR) is 97.1 cm³/mol. The van der Waals surface area contributed by atoms with E-state index in [-0.39, 0.29) is 17.3 Å². The molecule has 0 radical (unpaired) electrons. The van der Waals surface area contributed by atoms with Crippen LogP contribution in [-0.2, 0) is 16.6 Å². The molecule has 0 aliphatic carbocycles. The van der Waals surface area contributed by atoms with Gasteiger partial charge >= 0.3 is 0 Å². The molecule has 1 amide bonds. The highest BCUT2D eigenvalue weighted by molar-refractivity contribution is 7.89. The van der Waals surface area contributed by atoms with E-state index in [1.807, 2.05) is 4.90 Å². The number of benzene rings is 2. The number of likely N-dealkylation sites (tertiary alicyclic amines) is 1. The van der Waals surface area contributed by atoms with Crippen LogP contribution in [0.3, 0.4) is 0 Å². The van der Waals surface area contributed by atoms with Crippen LogP contribution in [0.1, 0.15) is 28.8 Å². The van der Waals surface area contributed by atoms with Crippen molar-refractivity contribution in [3.05, 3.63) is 64.7 Å². The van der Waals surface area contributed by atoms with Crippen LogP contribution in [0.15, 0.2) is 53.4 Å². The summed E-state index contributed by atoms with van der Waals surface area (Å²) in [7, 11) is -3.60. The van der Waals surface area contributed by atoms with E-state index in [9.17, 15) is 13.2 Å². The molecule has 0 unspecified atom stereocenters. The average Bonchev–Trinajstić information content (AvgIpc) is 3.15. The molecule has 0 spiro atoms. The Bertz CT molecular complexity index is 843. The van der Waals surface area contributed by atoms with Crippen molar-refractivity contribution in [3.63, 3.8) is 0 Å². The van der Waals surface area contributed by atoms with Crippen molar-refractivity contribution >= 4 is 27.5 Å². The van der Waals surface area contributed by atoms with Crippen molar-refractivity contribution in [3.8, 4) is 0 Å². The van der Waals surface area contributed by atoms with Crippen LogP contribution < -0.4 is 4.72 Å². The summed E-state index contributed by atoms with van der Waals surface area (Å²) >= 11 is 5.78. The summed E-state index contributed by atoms with van der Waals surface area (Å²) < 4.78 is 27.1. The van der Waals surface area contributed by atoms with Gasteiger partial charge < -0.3 is 4.90 Å². The van der Waals surface area contributed by atoms with Gasteiger partial charge in [-0.3, -0.25) is 4.79 Å². The molecule has 132 valence electrons. The maximum Gasteiger partial charge on any atom is 0.253 e. The Morgan fingerprint density at radius 2 is 1.60 bits per heavy atom. The molecule has 1 N–H and O–H groups in total. The molecule has 2 aromatic rings. The monoisotopic (exact) mass is 378 g/mol. The van der Waals surface area contributed by atoms with E-state index in [0.29, 0.717) is 10.6 Å². The fraction of sp³-hybridized carbons (Fsp3) is 0.278. The topological polar surface area (TPSA) is 66.5 Å². The van der Waals surface area contributed by atoms with Gasteiger partial charge in [-0.05, 0) is 54.8 Å². The summed E-state index contributed by atoms with van der Waals surface area (Å²) in [6.45, 7) is 1.77. The number of nitrogens with one attached hydrogen (secondary N) is 1. The average molecular weight is 379 g/mol. The Labute approximate surface area is 152 Å². The first-order valence-corrected chi connectivity index (χ1v) is 9.95. The standard InChI is InChI=1S/C18H19ClN2O3S/c19-16-7-9-17(10-8-16)25(23,24)20-13-14-3-5-15(6-4-14)18(22)21-11-1-2-12-21/h3-10,20H,1-2,11-13H2. The van der Waals surface area contributed by atoms with Gasteiger partial charge in [0.15, 0.2) is 0 Å². The number of carbonyl (C=O) groups excluding carboxylic acids is 1. The molecule has 0 aromatic heterocycles. The Hall–Kier alpha value is -1.89. The van der Waals surface area contributed by atoms with Crippen LogP contribution in [0.4, 0.5) is 0 Å². The highest BCUT2D eigenvalue weighted by Crippen LogP contribution is 2.16. The van der Waals surface area contributed by atoms with Crippen LogP contribution >= 0.6 is 11.6 Å².